The van der Waals surface area contributed by atoms with E-state index in [2.05, 4.69) is 10.2 Å². The van der Waals surface area contributed by atoms with Crippen LogP contribution in [0.25, 0.3) is 0 Å². The van der Waals surface area contributed by atoms with E-state index in [-0.39, 0.29) is 24.5 Å². The summed E-state index contributed by atoms with van der Waals surface area (Å²) in [5, 5.41) is 12.2. The predicted octanol–water partition coefficient (Wildman–Crippen LogP) is 2.47. The molecule has 0 aromatic heterocycles. The van der Waals surface area contributed by atoms with E-state index >= 15 is 0 Å². The van der Waals surface area contributed by atoms with Gasteiger partial charge in [0, 0.05) is 23.5 Å². The van der Waals surface area contributed by atoms with Crippen molar-refractivity contribution in [3.8, 4) is 0 Å². The number of thioether (sulfide) groups is 1. The van der Waals surface area contributed by atoms with Crippen molar-refractivity contribution in [3.63, 3.8) is 0 Å². The van der Waals surface area contributed by atoms with Crippen molar-refractivity contribution in [1.29, 1.82) is 0 Å². The molecule has 0 saturated heterocycles. The van der Waals surface area contributed by atoms with Crippen LogP contribution in [0, 0.1) is 5.92 Å². The first-order valence-corrected chi connectivity index (χ1v) is 9.69. The van der Waals surface area contributed by atoms with Crippen LogP contribution >= 0.6 is 11.8 Å². The fourth-order valence-corrected chi connectivity index (χ4v) is 3.84. The molecule has 0 aliphatic heterocycles. The molecule has 2 saturated carbocycles. The molecule has 130 valence electrons. The summed E-state index contributed by atoms with van der Waals surface area (Å²) in [5.41, 5.74) is 0.717. The van der Waals surface area contributed by atoms with Gasteiger partial charge in [0.25, 0.3) is 5.91 Å². The van der Waals surface area contributed by atoms with Crippen molar-refractivity contribution in [1.82, 2.24) is 10.2 Å². The number of nitrogens with zero attached hydrogens (tertiary/aromatic N) is 1. The molecule has 1 aromatic rings. The minimum absolute atomic E-state index is 0.0321. The molecule has 2 fully saturated rings. The van der Waals surface area contributed by atoms with Gasteiger partial charge in [-0.3, -0.25) is 14.5 Å². The number of hydrogen-bond acceptors (Lipinski definition) is 4. The number of rotatable bonds is 8. The lowest BCUT2D eigenvalue weighted by atomic mass is 9.85. The molecule has 1 amide bonds. The summed E-state index contributed by atoms with van der Waals surface area (Å²) in [7, 11) is 0. The maximum Gasteiger partial charge on any atom is 0.317 e. The molecule has 0 atom stereocenters. The summed E-state index contributed by atoms with van der Waals surface area (Å²) in [4.78, 5) is 26.6. The molecule has 2 N–H and O–H groups in total. The second-order valence-electron chi connectivity index (χ2n) is 6.76. The lowest BCUT2D eigenvalue weighted by Gasteiger charge is -2.42. The number of carboxylic acids is 1. The Morgan fingerprint density at radius 1 is 1.29 bits per heavy atom. The largest absolute Gasteiger partial charge is 0.480 e. The Labute approximate surface area is 146 Å². The molecule has 2 aliphatic rings. The maximum absolute atomic E-state index is 12.4. The maximum atomic E-state index is 12.4. The van der Waals surface area contributed by atoms with Crippen molar-refractivity contribution in [3.05, 3.63) is 29.8 Å². The summed E-state index contributed by atoms with van der Waals surface area (Å²) in [6.07, 6.45) is 6.08. The summed E-state index contributed by atoms with van der Waals surface area (Å²) >= 11 is 1.57. The molecule has 0 unspecified atom stereocenters. The van der Waals surface area contributed by atoms with Crippen molar-refractivity contribution in [2.24, 2.45) is 5.92 Å². The molecular weight excluding hydrogens is 324 g/mol. The molecule has 2 aliphatic carbocycles. The van der Waals surface area contributed by atoms with E-state index in [0.717, 1.165) is 24.3 Å². The number of carboxylic acid groups (broad SMARTS) is 1. The zero-order valence-corrected chi connectivity index (χ0v) is 14.7. The van der Waals surface area contributed by atoms with Gasteiger partial charge in [-0.2, -0.15) is 0 Å². The first-order chi connectivity index (χ1) is 11.6. The fraction of sp³-hybridized carbons (Fsp3) is 0.556. The minimum atomic E-state index is -0.767. The van der Waals surface area contributed by atoms with Gasteiger partial charge in [0.15, 0.2) is 0 Å². The molecule has 6 heteroatoms. The number of hydrogen-bond donors (Lipinski definition) is 2. The Balaban J connectivity index is 1.51. The lowest BCUT2D eigenvalue weighted by Crippen LogP contribution is -2.55. The van der Waals surface area contributed by atoms with Crippen molar-refractivity contribution in [2.75, 3.05) is 19.3 Å². The van der Waals surface area contributed by atoms with Gasteiger partial charge < -0.3 is 10.4 Å². The van der Waals surface area contributed by atoms with Crippen LogP contribution < -0.4 is 5.32 Å². The molecule has 0 heterocycles. The smallest absolute Gasteiger partial charge is 0.317 e. The van der Waals surface area contributed by atoms with Crippen LogP contribution in [0.2, 0.25) is 0 Å². The van der Waals surface area contributed by atoms with Crippen molar-refractivity contribution in [2.45, 2.75) is 42.7 Å². The summed E-state index contributed by atoms with van der Waals surface area (Å²) in [6, 6.07) is 8.04. The number of benzene rings is 1. The van der Waals surface area contributed by atoms with E-state index in [1.807, 2.05) is 30.5 Å². The Morgan fingerprint density at radius 3 is 2.62 bits per heavy atom. The van der Waals surface area contributed by atoms with E-state index in [4.69, 9.17) is 5.11 Å². The first kappa shape index (κ1) is 17.3. The summed E-state index contributed by atoms with van der Waals surface area (Å²) in [5.74, 6) is -0.126. The fourth-order valence-electron chi connectivity index (χ4n) is 3.25. The normalized spacial score (nSPS) is 22.9. The van der Waals surface area contributed by atoms with E-state index in [9.17, 15) is 9.59 Å². The van der Waals surface area contributed by atoms with Gasteiger partial charge in [0.05, 0.1) is 12.1 Å². The Kier molecular flexibility index (Phi) is 5.46. The topological polar surface area (TPSA) is 69.6 Å². The van der Waals surface area contributed by atoms with Crippen LogP contribution in [0.1, 0.15) is 36.0 Å². The Bertz CT molecular complexity index is 612. The van der Waals surface area contributed by atoms with Gasteiger partial charge in [-0.1, -0.05) is 12.1 Å². The molecule has 0 radical (unpaired) electrons. The second kappa shape index (κ2) is 7.57. The van der Waals surface area contributed by atoms with Gasteiger partial charge in [0.1, 0.15) is 0 Å². The monoisotopic (exact) mass is 348 g/mol. The zero-order valence-electron chi connectivity index (χ0n) is 13.9. The summed E-state index contributed by atoms with van der Waals surface area (Å²) in [6.45, 7) is 0.990. The molecular formula is C18H24N2O3S. The van der Waals surface area contributed by atoms with Gasteiger partial charge in [-0.05, 0) is 50.0 Å². The number of amides is 1. The van der Waals surface area contributed by atoms with Crippen LogP contribution in [-0.4, -0.2) is 53.3 Å². The highest BCUT2D eigenvalue weighted by atomic mass is 32.2. The van der Waals surface area contributed by atoms with E-state index in [0.29, 0.717) is 11.5 Å². The van der Waals surface area contributed by atoms with Crippen LogP contribution in [-0.2, 0) is 4.79 Å². The molecule has 1 aromatic carbocycles. The highest BCUT2D eigenvalue weighted by Gasteiger charge is 2.37. The third-order valence-electron chi connectivity index (χ3n) is 4.84. The van der Waals surface area contributed by atoms with E-state index < -0.39 is 5.97 Å². The van der Waals surface area contributed by atoms with Crippen molar-refractivity contribution < 1.29 is 14.7 Å². The lowest BCUT2D eigenvalue weighted by molar-refractivity contribution is -0.139. The van der Waals surface area contributed by atoms with E-state index in [1.54, 1.807) is 11.8 Å². The van der Waals surface area contributed by atoms with Gasteiger partial charge in [-0.15, -0.1) is 11.8 Å². The van der Waals surface area contributed by atoms with Crippen LogP contribution in [0.3, 0.4) is 0 Å². The van der Waals surface area contributed by atoms with Crippen LogP contribution in [0.15, 0.2) is 29.2 Å². The zero-order chi connectivity index (χ0) is 17.1. The molecule has 3 rings (SSSR count). The van der Waals surface area contributed by atoms with Crippen LogP contribution in [0.4, 0.5) is 0 Å². The van der Waals surface area contributed by atoms with Crippen LogP contribution in [0.5, 0.6) is 0 Å². The second-order valence-corrected chi connectivity index (χ2v) is 7.61. The third kappa shape index (κ3) is 4.30. The minimum Gasteiger partial charge on any atom is -0.480 e. The van der Waals surface area contributed by atoms with E-state index in [1.165, 1.54) is 12.8 Å². The number of aliphatic carboxylic acids is 1. The average Bonchev–Trinajstić information content (AvgIpc) is 3.33. The highest BCUT2D eigenvalue weighted by Crippen LogP contribution is 2.34. The quantitative estimate of drug-likeness (QED) is 0.706. The molecule has 5 nitrogen and oxygen atoms in total. The molecule has 0 bridgehead atoms. The average molecular weight is 348 g/mol. The van der Waals surface area contributed by atoms with Gasteiger partial charge >= 0.3 is 5.97 Å². The molecule has 0 spiro atoms. The first-order valence-electron chi connectivity index (χ1n) is 8.46. The number of carbonyl (C=O) groups excluding carboxylic acids is 1. The third-order valence-corrected chi connectivity index (χ3v) is 5.64. The SMILES string of the molecule is CSc1ccccc1C(=O)NC1CC(N(CC(=O)O)CC2CC2)C1. The number of carbonyl (C=O) groups is 2. The van der Waals surface area contributed by atoms with Crippen molar-refractivity contribution >= 4 is 23.6 Å². The summed E-state index contributed by atoms with van der Waals surface area (Å²) < 4.78 is 0. The number of nitrogens with one attached hydrogen (secondary N) is 1. The Hall–Kier alpha value is -1.53. The highest BCUT2D eigenvalue weighted by molar-refractivity contribution is 7.98. The predicted molar refractivity (Wildman–Crippen MR) is 94.4 cm³/mol. The standard InChI is InChI=1S/C18H24N2O3S/c1-24-16-5-3-2-4-15(16)18(23)19-13-8-14(9-13)20(11-17(21)22)10-12-6-7-12/h2-5,12-14H,6-11H2,1H3,(H,19,23)(H,21,22). The Morgan fingerprint density at radius 2 is 2.00 bits per heavy atom. The van der Waals surface area contributed by atoms with Gasteiger partial charge in [0.2, 0.25) is 0 Å². The van der Waals surface area contributed by atoms with Gasteiger partial charge in [-0.25, -0.2) is 0 Å². The molecule has 24 heavy (non-hydrogen) atoms.